The van der Waals surface area contributed by atoms with Crippen molar-refractivity contribution < 1.29 is 4.74 Å². The summed E-state index contributed by atoms with van der Waals surface area (Å²) >= 11 is 0. The molecule has 0 saturated carbocycles. The molecule has 2 aromatic rings. The van der Waals surface area contributed by atoms with Crippen molar-refractivity contribution in [2.75, 3.05) is 6.54 Å². The van der Waals surface area contributed by atoms with Crippen molar-refractivity contribution in [2.45, 2.75) is 26.0 Å². The fourth-order valence-corrected chi connectivity index (χ4v) is 2.35. The number of fused-ring (bicyclic) bond motifs is 1. The van der Waals surface area contributed by atoms with Gasteiger partial charge in [0.05, 0.1) is 0 Å². The molecule has 0 fully saturated rings. The van der Waals surface area contributed by atoms with Crippen LogP contribution >= 0.6 is 0 Å². The van der Waals surface area contributed by atoms with E-state index in [1.54, 1.807) is 0 Å². The minimum atomic E-state index is 0.246. The first-order valence-corrected chi connectivity index (χ1v) is 6.68. The van der Waals surface area contributed by atoms with Gasteiger partial charge in [0, 0.05) is 31.4 Å². The third-order valence-corrected chi connectivity index (χ3v) is 3.39. The lowest BCUT2D eigenvalue weighted by Gasteiger charge is -2.11. The summed E-state index contributed by atoms with van der Waals surface area (Å²) < 4.78 is 5.89. The summed E-state index contributed by atoms with van der Waals surface area (Å²) in [5, 5.41) is 3.43. The van der Waals surface area contributed by atoms with Crippen molar-refractivity contribution in [1.82, 2.24) is 10.3 Å². The molecule has 0 amide bonds. The summed E-state index contributed by atoms with van der Waals surface area (Å²) in [6.45, 7) is 3.70. The summed E-state index contributed by atoms with van der Waals surface area (Å²) in [7, 11) is 0. The maximum atomic E-state index is 5.89. The standard InChI is InChI=1S/C16H18N2O/c1-12-6-7-13(10-18-12)9-17-11-15-8-14-4-2-3-5-16(14)19-15/h2-7,10,15,17H,8-9,11H2,1H3. The third kappa shape index (κ3) is 2.93. The van der Waals surface area contributed by atoms with E-state index in [1.807, 2.05) is 31.3 Å². The average molecular weight is 254 g/mol. The minimum absolute atomic E-state index is 0.246. The molecule has 19 heavy (non-hydrogen) atoms. The molecule has 1 unspecified atom stereocenters. The van der Waals surface area contributed by atoms with Crippen molar-refractivity contribution in [1.29, 1.82) is 0 Å². The van der Waals surface area contributed by atoms with Crippen LogP contribution in [0.15, 0.2) is 42.6 Å². The number of ether oxygens (including phenoxy) is 1. The van der Waals surface area contributed by atoms with Gasteiger partial charge >= 0.3 is 0 Å². The lowest BCUT2D eigenvalue weighted by molar-refractivity contribution is 0.227. The molecule has 3 nitrogen and oxygen atoms in total. The minimum Gasteiger partial charge on any atom is -0.488 e. The fraction of sp³-hybridized carbons (Fsp3) is 0.312. The van der Waals surface area contributed by atoms with E-state index in [9.17, 15) is 0 Å². The molecule has 0 spiro atoms. The molecular formula is C16H18N2O. The van der Waals surface area contributed by atoms with Gasteiger partial charge in [0.15, 0.2) is 0 Å². The normalized spacial score (nSPS) is 17.0. The number of pyridine rings is 1. The molecule has 3 rings (SSSR count). The van der Waals surface area contributed by atoms with E-state index in [4.69, 9.17) is 4.74 Å². The van der Waals surface area contributed by atoms with Gasteiger partial charge in [0.2, 0.25) is 0 Å². The van der Waals surface area contributed by atoms with E-state index in [-0.39, 0.29) is 6.10 Å². The first-order valence-electron chi connectivity index (χ1n) is 6.68. The van der Waals surface area contributed by atoms with Gasteiger partial charge in [-0.1, -0.05) is 24.3 Å². The average Bonchev–Trinajstić information content (AvgIpc) is 2.83. The van der Waals surface area contributed by atoms with Gasteiger partial charge in [0.1, 0.15) is 11.9 Å². The summed E-state index contributed by atoms with van der Waals surface area (Å²) in [5.41, 5.74) is 3.57. The third-order valence-electron chi connectivity index (χ3n) is 3.39. The first kappa shape index (κ1) is 12.2. The second kappa shape index (κ2) is 5.41. The van der Waals surface area contributed by atoms with Gasteiger partial charge in [-0.05, 0) is 30.2 Å². The van der Waals surface area contributed by atoms with Crippen molar-refractivity contribution in [3.63, 3.8) is 0 Å². The summed E-state index contributed by atoms with van der Waals surface area (Å²) in [4.78, 5) is 4.29. The van der Waals surface area contributed by atoms with Crippen LogP contribution in [0, 0.1) is 6.92 Å². The second-order valence-electron chi connectivity index (χ2n) is 4.99. The van der Waals surface area contributed by atoms with Crippen molar-refractivity contribution in [3.05, 3.63) is 59.4 Å². The van der Waals surface area contributed by atoms with Gasteiger partial charge in [-0.15, -0.1) is 0 Å². The smallest absolute Gasteiger partial charge is 0.123 e. The molecule has 0 aliphatic carbocycles. The van der Waals surface area contributed by atoms with Crippen LogP contribution < -0.4 is 10.1 Å². The topological polar surface area (TPSA) is 34.1 Å². The molecule has 1 aromatic carbocycles. The molecule has 0 radical (unpaired) electrons. The van der Waals surface area contributed by atoms with Gasteiger partial charge < -0.3 is 10.1 Å². The van der Waals surface area contributed by atoms with Crippen LogP contribution in [0.3, 0.4) is 0 Å². The Morgan fingerprint density at radius 2 is 2.16 bits per heavy atom. The van der Waals surface area contributed by atoms with Crippen LogP contribution in [0.4, 0.5) is 0 Å². The summed E-state index contributed by atoms with van der Waals surface area (Å²) in [6.07, 6.45) is 3.16. The number of aryl methyl sites for hydroxylation is 1. The van der Waals surface area contributed by atoms with E-state index in [2.05, 4.69) is 28.5 Å². The zero-order chi connectivity index (χ0) is 13.1. The Labute approximate surface area is 113 Å². The zero-order valence-corrected chi connectivity index (χ0v) is 11.1. The van der Waals surface area contributed by atoms with Gasteiger partial charge in [-0.3, -0.25) is 4.98 Å². The van der Waals surface area contributed by atoms with Crippen LogP contribution in [0.25, 0.3) is 0 Å². The first-order chi connectivity index (χ1) is 9.31. The monoisotopic (exact) mass is 254 g/mol. The van der Waals surface area contributed by atoms with Gasteiger partial charge in [0.25, 0.3) is 0 Å². The molecule has 1 aromatic heterocycles. The van der Waals surface area contributed by atoms with E-state index in [1.165, 1.54) is 11.1 Å². The molecule has 98 valence electrons. The van der Waals surface area contributed by atoms with Gasteiger partial charge in [-0.25, -0.2) is 0 Å². The van der Waals surface area contributed by atoms with Crippen molar-refractivity contribution in [2.24, 2.45) is 0 Å². The number of nitrogens with one attached hydrogen (secondary N) is 1. The van der Waals surface area contributed by atoms with E-state index in [0.717, 1.165) is 31.0 Å². The highest BCUT2D eigenvalue weighted by Crippen LogP contribution is 2.27. The molecule has 0 bridgehead atoms. The quantitative estimate of drug-likeness (QED) is 0.910. The molecule has 1 atom stereocenters. The van der Waals surface area contributed by atoms with E-state index < -0.39 is 0 Å². The van der Waals surface area contributed by atoms with Crippen molar-refractivity contribution >= 4 is 0 Å². The maximum absolute atomic E-state index is 5.89. The van der Waals surface area contributed by atoms with Crippen LogP contribution in [0.2, 0.25) is 0 Å². The van der Waals surface area contributed by atoms with Crippen LogP contribution in [0.1, 0.15) is 16.8 Å². The zero-order valence-electron chi connectivity index (χ0n) is 11.1. The Kier molecular flexibility index (Phi) is 3.47. The number of para-hydroxylation sites is 1. The highest BCUT2D eigenvalue weighted by Gasteiger charge is 2.21. The fourth-order valence-electron chi connectivity index (χ4n) is 2.35. The molecular weight excluding hydrogens is 236 g/mol. The second-order valence-corrected chi connectivity index (χ2v) is 4.99. The predicted molar refractivity (Wildman–Crippen MR) is 75.2 cm³/mol. The molecule has 0 saturated heterocycles. The predicted octanol–water partition coefficient (Wildman–Crippen LogP) is 2.48. The van der Waals surface area contributed by atoms with E-state index >= 15 is 0 Å². The maximum Gasteiger partial charge on any atom is 0.123 e. The SMILES string of the molecule is Cc1ccc(CNCC2Cc3ccccc3O2)cn1. The van der Waals surface area contributed by atoms with Crippen LogP contribution in [-0.2, 0) is 13.0 Å². The number of benzene rings is 1. The summed E-state index contributed by atoms with van der Waals surface area (Å²) in [5.74, 6) is 1.03. The Bertz CT molecular complexity index is 526. The van der Waals surface area contributed by atoms with Gasteiger partial charge in [-0.2, -0.15) is 0 Å². The summed E-state index contributed by atoms with van der Waals surface area (Å²) in [6, 6.07) is 12.4. The molecule has 1 N–H and O–H groups in total. The Morgan fingerprint density at radius 1 is 1.26 bits per heavy atom. The number of hydrogen-bond donors (Lipinski definition) is 1. The van der Waals surface area contributed by atoms with Crippen LogP contribution in [0.5, 0.6) is 5.75 Å². The Hall–Kier alpha value is -1.87. The van der Waals surface area contributed by atoms with Crippen molar-refractivity contribution in [3.8, 4) is 5.75 Å². The van der Waals surface area contributed by atoms with Crippen LogP contribution in [-0.4, -0.2) is 17.6 Å². The Balaban J connectivity index is 1.48. The number of aromatic nitrogens is 1. The molecule has 1 aliphatic rings. The lowest BCUT2D eigenvalue weighted by atomic mass is 10.1. The highest BCUT2D eigenvalue weighted by molar-refractivity contribution is 5.37. The number of nitrogens with zero attached hydrogens (tertiary/aromatic N) is 1. The lowest BCUT2D eigenvalue weighted by Crippen LogP contribution is -2.29. The highest BCUT2D eigenvalue weighted by atomic mass is 16.5. The number of hydrogen-bond acceptors (Lipinski definition) is 3. The molecule has 3 heteroatoms. The van der Waals surface area contributed by atoms with E-state index in [0.29, 0.717) is 0 Å². The number of rotatable bonds is 4. The molecule has 2 heterocycles. The Morgan fingerprint density at radius 3 is 2.95 bits per heavy atom. The largest absolute Gasteiger partial charge is 0.488 e. The molecule has 1 aliphatic heterocycles.